The van der Waals surface area contributed by atoms with Crippen LogP contribution < -0.4 is 15.7 Å². The number of ether oxygens (including phenoxy) is 1. The van der Waals surface area contributed by atoms with Crippen LogP contribution in [0.25, 0.3) is 21.9 Å². The number of aryl methyl sites for hydroxylation is 1. The molecule has 0 unspecified atom stereocenters. The minimum Gasteiger partial charge on any atom is -0.486 e. The molecule has 0 aliphatic rings. The van der Waals surface area contributed by atoms with Crippen LogP contribution in [0.5, 0.6) is 5.75 Å². The Morgan fingerprint density at radius 2 is 1.79 bits per heavy atom. The summed E-state index contributed by atoms with van der Waals surface area (Å²) < 4.78 is 5.54. The third-order valence-electron chi connectivity index (χ3n) is 4.40. The molecule has 0 aliphatic carbocycles. The van der Waals surface area contributed by atoms with Crippen LogP contribution in [0, 0.1) is 0 Å². The summed E-state index contributed by atoms with van der Waals surface area (Å²) in [7, 11) is 0. The number of hydrogen-bond donors (Lipinski definition) is 2. The molecule has 0 saturated heterocycles. The van der Waals surface area contributed by atoms with Gasteiger partial charge in [0.05, 0.1) is 5.52 Å². The number of carbonyl (C=O) groups is 1. The Hall–Kier alpha value is -3.81. The smallest absolute Gasteiger partial charge is 0.278 e. The van der Waals surface area contributed by atoms with Crippen molar-refractivity contribution in [3.8, 4) is 5.75 Å². The highest BCUT2D eigenvalue weighted by Crippen LogP contribution is 2.17. The number of fused-ring (bicyclic) bond motifs is 2. The highest BCUT2D eigenvalue weighted by atomic mass is 16.5. The van der Waals surface area contributed by atoms with E-state index in [9.17, 15) is 14.4 Å². The number of aromatic nitrogens is 4. The number of nitrogens with zero attached hydrogens (tertiary/aromatic N) is 2. The summed E-state index contributed by atoms with van der Waals surface area (Å²) >= 11 is 0. The molecule has 0 amide bonds. The predicted molar refractivity (Wildman–Crippen MR) is 104 cm³/mol. The molecule has 8 heteroatoms. The zero-order valence-electron chi connectivity index (χ0n) is 14.8. The van der Waals surface area contributed by atoms with Gasteiger partial charge in [-0.3, -0.25) is 14.4 Å². The summed E-state index contributed by atoms with van der Waals surface area (Å²) in [5.74, 6) is 0.345. The first-order valence-electron chi connectivity index (χ1n) is 8.71. The molecule has 0 bridgehead atoms. The van der Waals surface area contributed by atoms with Crippen molar-refractivity contribution in [2.45, 2.75) is 12.8 Å². The van der Waals surface area contributed by atoms with Crippen LogP contribution in [-0.2, 0) is 11.2 Å². The molecule has 0 spiro atoms. The molecule has 8 nitrogen and oxygen atoms in total. The summed E-state index contributed by atoms with van der Waals surface area (Å²) in [4.78, 5) is 39.4. The molecule has 2 aromatic carbocycles. The molecule has 2 heterocycles. The Morgan fingerprint density at radius 3 is 2.61 bits per heavy atom. The first kappa shape index (κ1) is 17.6. The van der Waals surface area contributed by atoms with E-state index < -0.39 is 11.0 Å². The highest BCUT2D eigenvalue weighted by molar-refractivity contribution is 5.87. The van der Waals surface area contributed by atoms with E-state index in [2.05, 4.69) is 20.4 Å². The Kier molecular flexibility index (Phi) is 4.67. The number of Topliss-reactive ketones (excluding diaryl/α,β-unsaturated/α-hetero) is 1. The summed E-state index contributed by atoms with van der Waals surface area (Å²) in [5.41, 5.74) is 0.354. The third kappa shape index (κ3) is 3.52. The predicted octanol–water partition coefficient (Wildman–Crippen LogP) is 1.74. The van der Waals surface area contributed by atoms with Crippen molar-refractivity contribution in [3.63, 3.8) is 0 Å². The van der Waals surface area contributed by atoms with Gasteiger partial charge in [-0.2, -0.15) is 15.4 Å². The standard InChI is InChI=1S/C20H16N4O4/c25-13(7-6-12-4-2-1-3-5-12)11-28-14-8-9-15-16(10-14)21-20(27)18-17(19(15)26)22-24-23-18/h1-5,8-10H,6-7,11H2,(H,21,27)(H,22,23,24). The SMILES string of the molecule is O=C(CCc1ccccc1)COc1ccc2c(=O)c3n[nH]nc3c(=O)[nH]c2c1. The van der Waals surface area contributed by atoms with Crippen molar-refractivity contribution in [3.05, 3.63) is 74.7 Å². The van der Waals surface area contributed by atoms with E-state index in [1.165, 1.54) is 12.1 Å². The molecule has 140 valence electrons. The minimum atomic E-state index is -0.535. The molecule has 4 rings (SSSR count). The van der Waals surface area contributed by atoms with Gasteiger partial charge < -0.3 is 9.72 Å². The third-order valence-corrected chi connectivity index (χ3v) is 4.40. The largest absolute Gasteiger partial charge is 0.486 e. The van der Waals surface area contributed by atoms with Crippen molar-refractivity contribution in [2.24, 2.45) is 0 Å². The van der Waals surface area contributed by atoms with Crippen LogP contribution in [-0.4, -0.2) is 32.8 Å². The van der Waals surface area contributed by atoms with Gasteiger partial charge in [0.15, 0.2) is 16.8 Å². The van der Waals surface area contributed by atoms with Gasteiger partial charge in [-0.15, -0.1) is 0 Å². The van der Waals surface area contributed by atoms with E-state index in [0.29, 0.717) is 24.1 Å². The lowest BCUT2D eigenvalue weighted by molar-refractivity contribution is -0.121. The number of H-pyrrole nitrogens is 2. The van der Waals surface area contributed by atoms with Crippen molar-refractivity contribution >= 4 is 27.7 Å². The number of ketones is 1. The molecule has 0 aliphatic heterocycles. The van der Waals surface area contributed by atoms with Gasteiger partial charge in [-0.05, 0) is 24.1 Å². The summed E-state index contributed by atoms with van der Waals surface area (Å²) in [6.07, 6.45) is 1.02. The van der Waals surface area contributed by atoms with Gasteiger partial charge in [-0.1, -0.05) is 30.3 Å². The van der Waals surface area contributed by atoms with E-state index >= 15 is 0 Å². The second-order valence-electron chi connectivity index (χ2n) is 6.32. The van der Waals surface area contributed by atoms with Crippen LogP contribution in [0.4, 0.5) is 0 Å². The Labute approximate surface area is 158 Å². The number of aromatic amines is 2. The fourth-order valence-corrected chi connectivity index (χ4v) is 2.94. The molecule has 0 atom stereocenters. The summed E-state index contributed by atoms with van der Waals surface area (Å²) in [6, 6.07) is 14.4. The van der Waals surface area contributed by atoms with Crippen LogP contribution in [0.3, 0.4) is 0 Å². The number of nitrogens with one attached hydrogen (secondary N) is 2. The summed E-state index contributed by atoms with van der Waals surface area (Å²) in [6.45, 7) is -0.0865. The van der Waals surface area contributed by atoms with E-state index in [0.717, 1.165) is 5.56 Å². The van der Waals surface area contributed by atoms with E-state index in [1.807, 2.05) is 30.3 Å². The molecule has 28 heavy (non-hydrogen) atoms. The van der Waals surface area contributed by atoms with Crippen molar-refractivity contribution in [2.75, 3.05) is 6.61 Å². The zero-order chi connectivity index (χ0) is 19.5. The fourth-order valence-electron chi connectivity index (χ4n) is 2.94. The van der Waals surface area contributed by atoms with Crippen LogP contribution in [0.1, 0.15) is 12.0 Å². The van der Waals surface area contributed by atoms with E-state index in [4.69, 9.17) is 4.74 Å². The van der Waals surface area contributed by atoms with Gasteiger partial charge >= 0.3 is 0 Å². The van der Waals surface area contributed by atoms with Gasteiger partial charge in [0.25, 0.3) is 5.56 Å². The minimum absolute atomic E-state index is 0.0268. The average molecular weight is 376 g/mol. The van der Waals surface area contributed by atoms with E-state index in [1.54, 1.807) is 6.07 Å². The molecule has 0 fully saturated rings. The molecule has 2 N–H and O–H groups in total. The number of hydrogen-bond acceptors (Lipinski definition) is 6. The quantitative estimate of drug-likeness (QED) is 0.529. The van der Waals surface area contributed by atoms with Crippen molar-refractivity contribution < 1.29 is 9.53 Å². The molecular weight excluding hydrogens is 360 g/mol. The van der Waals surface area contributed by atoms with Crippen molar-refractivity contribution in [1.29, 1.82) is 0 Å². The Bertz CT molecular complexity index is 1280. The second-order valence-corrected chi connectivity index (χ2v) is 6.32. The first-order valence-corrected chi connectivity index (χ1v) is 8.71. The Balaban J connectivity index is 1.52. The monoisotopic (exact) mass is 376 g/mol. The summed E-state index contributed by atoms with van der Waals surface area (Å²) in [5, 5.41) is 10.0. The molecule has 0 saturated carbocycles. The first-order chi connectivity index (χ1) is 13.6. The van der Waals surface area contributed by atoms with E-state index in [-0.39, 0.29) is 28.8 Å². The lowest BCUT2D eigenvalue weighted by atomic mass is 10.1. The van der Waals surface area contributed by atoms with Crippen LogP contribution in [0.2, 0.25) is 0 Å². The van der Waals surface area contributed by atoms with Crippen LogP contribution in [0.15, 0.2) is 58.1 Å². The molecule has 0 radical (unpaired) electrons. The lowest BCUT2D eigenvalue weighted by Gasteiger charge is -2.06. The van der Waals surface area contributed by atoms with Crippen LogP contribution >= 0.6 is 0 Å². The van der Waals surface area contributed by atoms with Gasteiger partial charge in [0.1, 0.15) is 12.4 Å². The average Bonchev–Trinajstić information content (AvgIpc) is 3.18. The topological polar surface area (TPSA) is 118 Å². The zero-order valence-corrected chi connectivity index (χ0v) is 14.8. The van der Waals surface area contributed by atoms with Crippen molar-refractivity contribution in [1.82, 2.24) is 20.4 Å². The maximum absolute atomic E-state index is 12.5. The number of benzene rings is 2. The molecular formula is C20H16N4O4. The number of rotatable bonds is 6. The Morgan fingerprint density at radius 1 is 1.00 bits per heavy atom. The van der Waals surface area contributed by atoms with Gasteiger partial charge in [0.2, 0.25) is 5.43 Å². The maximum Gasteiger partial charge on any atom is 0.278 e. The van der Waals surface area contributed by atoms with Gasteiger partial charge in [0, 0.05) is 17.9 Å². The number of carbonyl (C=O) groups excluding carboxylic acids is 1. The highest BCUT2D eigenvalue weighted by Gasteiger charge is 2.11. The molecule has 4 aromatic rings. The van der Waals surface area contributed by atoms with Gasteiger partial charge in [-0.25, -0.2) is 0 Å². The normalized spacial score (nSPS) is 11.0. The fraction of sp³-hybridized carbons (Fsp3) is 0.150. The second kappa shape index (κ2) is 7.43. The lowest BCUT2D eigenvalue weighted by Crippen LogP contribution is -2.12. The molecule has 2 aromatic heterocycles. The maximum atomic E-state index is 12.5.